The van der Waals surface area contributed by atoms with Gasteiger partial charge in [-0.1, -0.05) is 6.07 Å². The van der Waals surface area contributed by atoms with Crippen LogP contribution in [0.2, 0.25) is 0 Å². The topological polar surface area (TPSA) is 86.7 Å². The summed E-state index contributed by atoms with van der Waals surface area (Å²) >= 11 is 0. The van der Waals surface area contributed by atoms with Crippen LogP contribution in [0.15, 0.2) is 41.3 Å². The molecule has 2 aromatic rings. The van der Waals surface area contributed by atoms with Crippen molar-refractivity contribution >= 4 is 21.6 Å². The van der Waals surface area contributed by atoms with Crippen LogP contribution in [0.1, 0.15) is 47.2 Å². The average Bonchev–Trinajstić information content (AvgIpc) is 3.25. The van der Waals surface area contributed by atoms with E-state index in [1.54, 1.807) is 6.07 Å². The number of nitrogens with one attached hydrogen (secondary N) is 1. The molecule has 1 heterocycles. The first-order valence-corrected chi connectivity index (χ1v) is 11.2. The van der Waals surface area contributed by atoms with Crippen molar-refractivity contribution in [2.45, 2.75) is 43.4 Å². The molecule has 2 aromatic carbocycles. The van der Waals surface area contributed by atoms with Gasteiger partial charge >= 0.3 is 0 Å². The van der Waals surface area contributed by atoms with Crippen molar-refractivity contribution in [1.82, 2.24) is 4.31 Å². The lowest BCUT2D eigenvalue weighted by atomic mass is 9.90. The van der Waals surface area contributed by atoms with Crippen molar-refractivity contribution in [3.63, 3.8) is 0 Å². The molecule has 6 nitrogen and oxygen atoms in total. The van der Waals surface area contributed by atoms with E-state index in [-0.39, 0.29) is 22.2 Å². The fourth-order valence-electron chi connectivity index (χ4n) is 3.92. The highest BCUT2D eigenvalue weighted by Gasteiger charge is 2.28. The Morgan fingerprint density at radius 2 is 1.64 bits per heavy atom. The lowest BCUT2D eigenvalue weighted by molar-refractivity contribution is 0.102. The van der Waals surface area contributed by atoms with Crippen LogP contribution in [0.5, 0.6) is 5.75 Å². The quantitative estimate of drug-likeness (QED) is 0.771. The van der Waals surface area contributed by atoms with Gasteiger partial charge in [0.05, 0.1) is 10.6 Å². The maximum absolute atomic E-state index is 12.7. The monoisotopic (exact) mass is 400 g/mol. The minimum atomic E-state index is -3.62. The summed E-state index contributed by atoms with van der Waals surface area (Å²) in [5, 5.41) is 12.8. The van der Waals surface area contributed by atoms with E-state index in [0.29, 0.717) is 18.7 Å². The Morgan fingerprint density at radius 1 is 0.929 bits per heavy atom. The van der Waals surface area contributed by atoms with Crippen LogP contribution >= 0.6 is 0 Å². The fraction of sp³-hybridized carbons (Fsp3) is 0.381. The molecule has 7 heteroatoms. The Labute approximate surface area is 165 Å². The van der Waals surface area contributed by atoms with Gasteiger partial charge in [-0.25, -0.2) is 8.42 Å². The molecule has 1 aliphatic heterocycles. The summed E-state index contributed by atoms with van der Waals surface area (Å²) in [5.74, 6) is -0.522. The van der Waals surface area contributed by atoms with Gasteiger partial charge < -0.3 is 10.4 Å². The Morgan fingerprint density at radius 3 is 2.39 bits per heavy atom. The number of hydrogen-bond acceptors (Lipinski definition) is 4. The van der Waals surface area contributed by atoms with E-state index in [9.17, 15) is 18.3 Å². The molecule has 1 aliphatic carbocycles. The number of phenols is 1. The minimum absolute atomic E-state index is 0.0768. The van der Waals surface area contributed by atoms with Gasteiger partial charge in [0.15, 0.2) is 0 Å². The van der Waals surface area contributed by atoms with Gasteiger partial charge in [0, 0.05) is 18.7 Å². The highest BCUT2D eigenvalue weighted by Crippen LogP contribution is 2.30. The molecule has 0 radical (unpaired) electrons. The number of aromatic hydroxyl groups is 1. The summed E-state index contributed by atoms with van der Waals surface area (Å²) in [6.07, 6.45) is 5.98. The third-order valence-electron chi connectivity index (χ3n) is 5.53. The number of carbonyl (C=O) groups excluding carboxylic acids is 1. The van der Waals surface area contributed by atoms with E-state index in [4.69, 9.17) is 0 Å². The number of benzene rings is 2. The molecule has 4 rings (SSSR count). The van der Waals surface area contributed by atoms with Gasteiger partial charge in [0.2, 0.25) is 10.0 Å². The number of anilines is 1. The molecule has 1 saturated heterocycles. The van der Waals surface area contributed by atoms with Crippen LogP contribution in [0, 0.1) is 0 Å². The highest BCUT2D eigenvalue weighted by atomic mass is 32.2. The number of sulfonamides is 1. The second-order valence-corrected chi connectivity index (χ2v) is 9.37. The van der Waals surface area contributed by atoms with Crippen LogP contribution in [0.3, 0.4) is 0 Å². The molecular weight excluding hydrogens is 376 g/mol. The molecule has 2 aliphatic rings. The number of nitrogens with zero attached hydrogens (tertiary/aromatic N) is 1. The molecule has 0 unspecified atom stereocenters. The maximum Gasteiger partial charge on any atom is 0.255 e. The molecule has 0 atom stereocenters. The summed E-state index contributed by atoms with van der Waals surface area (Å²) in [6, 6.07) is 9.67. The molecule has 2 N–H and O–H groups in total. The number of amides is 1. The maximum atomic E-state index is 12.7. The number of aryl methyl sites for hydroxylation is 2. The van der Waals surface area contributed by atoms with E-state index in [2.05, 4.69) is 5.32 Å². The predicted octanol–water partition coefficient (Wildman–Crippen LogP) is 3.31. The Balaban J connectivity index is 1.58. The van der Waals surface area contributed by atoms with Crippen LogP contribution in [0.4, 0.5) is 5.69 Å². The van der Waals surface area contributed by atoms with E-state index < -0.39 is 10.0 Å². The van der Waals surface area contributed by atoms with Crippen molar-refractivity contribution in [2.24, 2.45) is 0 Å². The van der Waals surface area contributed by atoms with Crippen LogP contribution < -0.4 is 5.32 Å². The number of carbonyl (C=O) groups is 1. The summed E-state index contributed by atoms with van der Waals surface area (Å²) < 4.78 is 26.9. The lowest BCUT2D eigenvalue weighted by Gasteiger charge is -2.18. The lowest BCUT2D eigenvalue weighted by Crippen LogP contribution is -2.28. The number of rotatable bonds is 4. The van der Waals surface area contributed by atoms with E-state index in [0.717, 1.165) is 32.1 Å². The van der Waals surface area contributed by atoms with Crippen molar-refractivity contribution in [3.8, 4) is 5.75 Å². The third-order valence-corrected chi connectivity index (χ3v) is 7.42. The average molecular weight is 401 g/mol. The first kappa shape index (κ1) is 19.0. The number of hydrogen-bond donors (Lipinski definition) is 2. The Hall–Kier alpha value is -2.38. The molecule has 0 saturated carbocycles. The van der Waals surface area contributed by atoms with Crippen LogP contribution in [-0.2, 0) is 22.9 Å². The second kappa shape index (κ2) is 7.56. The van der Waals surface area contributed by atoms with Crippen molar-refractivity contribution in [2.75, 3.05) is 18.4 Å². The van der Waals surface area contributed by atoms with Gasteiger partial charge in [-0.05, 0) is 80.0 Å². The molecular formula is C21H24N2O4S. The van der Waals surface area contributed by atoms with Gasteiger partial charge in [0.1, 0.15) is 5.75 Å². The van der Waals surface area contributed by atoms with Crippen LogP contribution in [0.25, 0.3) is 0 Å². The van der Waals surface area contributed by atoms with Gasteiger partial charge in [-0.3, -0.25) is 4.79 Å². The summed E-state index contributed by atoms with van der Waals surface area (Å²) in [7, 11) is -3.62. The molecule has 0 bridgehead atoms. The Kier molecular flexibility index (Phi) is 5.12. The molecule has 0 spiro atoms. The zero-order valence-corrected chi connectivity index (χ0v) is 16.5. The zero-order chi connectivity index (χ0) is 19.7. The van der Waals surface area contributed by atoms with Crippen molar-refractivity contribution in [3.05, 3.63) is 53.1 Å². The van der Waals surface area contributed by atoms with Gasteiger partial charge in [0.25, 0.3) is 5.91 Å². The summed E-state index contributed by atoms with van der Waals surface area (Å²) in [5.41, 5.74) is 3.08. The smallest absolute Gasteiger partial charge is 0.255 e. The second-order valence-electron chi connectivity index (χ2n) is 7.43. The Bertz CT molecular complexity index is 1010. The molecule has 1 fully saturated rings. The van der Waals surface area contributed by atoms with E-state index >= 15 is 0 Å². The molecule has 1 amide bonds. The van der Waals surface area contributed by atoms with Crippen LogP contribution in [-0.4, -0.2) is 36.8 Å². The number of fused-ring (bicyclic) bond motifs is 1. The number of phenolic OH excluding ortho intramolecular Hbond substituents is 1. The zero-order valence-electron chi connectivity index (χ0n) is 15.6. The minimum Gasteiger partial charge on any atom is -0.506 e. The summed E-state index contributed by atoms with van der Waals surface area (Å²) in [6.45, 7) is 1.00. The summed E-state index contributed by atoms with van der Waals surface area (Å²) in [4.78, 5) is 12.8. The molecule has 28 heavy (non-hydrogen) atoms. The first-order valence-electron chi connectivity index (χ1n) is 9.71. The van der Waals surface area contributed by atoms with Gasteiger partial charge in [-0.2, -0.15) is 4.31 Å². The van der Waals surface area contributed by atoms with E-state index in [1.807, 2.05) is 12.1 Å². The van der Waals surface area contributed by atoms with Gasteiger partial charge in [-0.15, -0.1) is 0 Å². The normalized spacial score (nSPS) is 17.3. The molecule has 148 valence electrons. The predicted molar refractivity (Wildman–Crippen MR) is 107 cm³/mol. The largest absolute Gasteiger partial charge is 0.506 e. The highest BCUT2D eigenvalue weighted by molar-refractivity contribution is 7.89. The SMILES string of the molecule is O=C(Nc1cc(S(=O)(=O)N2CCCC2)ccc1O)c1ccc2c(c1)CCCC2. The standard InChI is InChI=1S/C21H24N2O4S/c24-20-10-9-18(28(26,27)23-11-3-4-12-23)14-19(20)22-21(25)17-8-7-15-5-1-2-6-16(15)13-17/h7-10,13-14,24H,1-6,11-12H2,(H,22,25). The fourth-order valence-corrected chi connectivity index (χ4v) is 5.47. The van der Waals surface area contributed by atoms with Crippen molar-refractivity contribution < 1.29 is 18.3 Å². The first-order chi connectivity index (χ1) is 13.4. The van der Waals surface area contributed by atoms with E-state index in [1.165, 1.54) is 40.1 Å². The van der Waals surface area contributed by atoms with Crippen molar-refractivity contribution in [1.29, 1.82) is 0 Å². The molecule has 0 aromatic heterocycles. The third kappa shape index (κ3) is 3.64.